The summed E-state index contributed by atoms with van der Waals surface area (Å²) in [5.74, 6) is 0.791. The van der Waals surface area contributed by atoms with Crippen LogP contribution in [0.15, 0.2) is 18.2 Å². The van der Waals surface area contributed by atoms with Crippen molar-refractivity contribution in [2.24, 2.45) is 5.92 Å². The second-order valence-corrected chi connectivity index (χ2v) is 5.47. The average Bonchev–Trinajstić information content (AvgIpc) is 2.85. The highest BCUT2D eigenvalue weighted by Crippen LogP contribution is 2.37. The van der Waals surface area contributed by atoms with Gasteiger partial charge in [0.05, 0.1) is 12.7 Å². The first-order chi connectivity index (χ1) is 9.61. The summed E-state index contributed by atoms with van der Waals surface area (Å²) in [7, 11) is 1.85. The number of hydrogen-bond donors (Lipinski definition) is 1. The summed E-state index contributed by atoms with van der Waals surface area (Å²) in [4.78, 5) is 0. The molecule has 3 nitrogen and oxygen atoms in total. The van der Waals surface area contributed by atoms with Crippen LogP contribution in [0, 0.1) is 30.0 Å². The molecule has 0 aromatic heterocycles. The molecule has 2 unspecified atom stereocenters. The molecule has 1 aromatic carbocycles. The predicted octanol–water partition coefficient (Wildman–Crippen LogP) is 3.18. The third-order valence-corrected chi connectivity index (χ3v) is 4.33. The molecule has 0 aliphatic heterocycles. The number of ether oxygens (including phenoxy) is 1. The third kappa shape index (κ3) is 2.94. The first-order valence-electron chi connectivity index (χ1n) is 7.10. The van der Waals surface area contributed by atoms with Crippen LogP contribution in [0.1, 0.15) is 31.2 Å². The van der Waals surface area contributed by atoms with Gasteiger partial charge in [-0.05, 0) is 62.9 Å². The van der Waals surface area contributed by atoms with Crippen molar-refractivity contribution in [1.29, 1.82) is 5.26 Å². The lowest BCUT2D eigenvalue weighted by molar-refractivity contribution is 0.238. The minimum absolute atomic E-state index is 0.246. The van der Waals surface area contributed by atoms with Gasteiger partial charge >= 0.3 is 0 Å². The molecule has 1 fully saturated rings. The van der Waals surface area contributed by atoms with Crippen molar-refractivity contribution in [3.63, 3.8) is 0 Å². The van der Waals surface area contributed by atoms with Gasteiger partial charge in [-0.2, -0.15) is 5.26 Å². The highest BCUT2D eigenvalue weighted by molar-refractivity contribution is 5.32. The number of aryl methyl sites for hydroxylation is 1. The van der Waals surface area contributed by atoms with E-state index < -0.39 is 5.54 Å². The molecule has 0 heterocycles. The van der Waals surface area contributed by atoms with E-state index >= 15 is 0 Å². The number of hydrogen-bond acceptors (Lipinski definition) is 3. The SMILES string of the molecule is CNC1(C#N)CCCC1CCOc1ccc(F)cc1C. The molecule has 0 bridgehead atoms. The van der Waals surface area contributed by atoms with E-state index in [-0.39, 0.29) is 5.82 Å². The second kappa shape index (κ2) is 6.23. The number of nitrogens with zero attached hydrogens (tertiary/aromatic N) is 1. The molecule has 1 aromatic rings. The minimum atomic E-state index is -0.402. The summed E-state index contributed by atoms with van der Waals surface area (Å²) in [5.41, 5.74) is 0.401. The van der Waals surface area contributed by atoms with Gasteiger partial charge in [-0.3, -0.25) is 0 Å². The Labute approximate surface area is 119 Å². The minimum Gasteiger partial charge on any atom is -0.493 e. The van der Waals surface area contributed by atoms with E-state index in [1.54, 1.807) is 6.07 Å². The van der Waals surface area contributed by atoms with Crippen LogP contribution in [0.25, 0.3) is 0 Å². The normalized spacial score (nSPS) is 25.4. The Morgan fingerprint density at radius 3 is 3.00 bits per heavy atom. The summed E-state index contributed by atoms with van der Waals surface area (Å²) in [5, 5.41) is 12.6. The van der Waals surface area contributed by atoms with Gasteiger partial charge in [0, 0.05) is 0 Å². The number of benzene rings is 1. The molecule has 4 heteroatoms. The molecular weight excluding hydrogens is 255 g/mol. The van der Waals surface area contributed by atoms with E-state index in [0.717, 1.165) is 37.0 Å². The van der Waals surface area contributed by atoms with Crippen molar-refractivity contribution in [1.82, 2.24) is 5.32 Å². The van der Waals surface area contributed by atoms with Crippen LogP contribution < -0.4 is 10.1 Å². The Morgan fingerprint density at radius 2 is 2.35 bits per heavy atom. The van der Waals surface area contributed by atoms with Crippen molar-refractivity contribution >= 4 is 0 Å². The Kier molecular flexibility index (Phi) is 4.61. The lowest BCUT2D eigenvalue weighted by atomic mass is 9.86. The highest BCUT2D eigenvalue weighted by atomic mass is 19.1. The highest BCUT2D eigenvalue weighted by Gasteiger charge is 2.41. The molecule has 1 aliphatic carbocycles. The lowest BCUT2D eigenvalue weighted by Gasteiger charge is -2.28. The molecule has 0 spiro atoms. The topological polar surface area (TPSA) is 45.0 Å². The van der Waals surface area contributed by atoms with E-state index in [9.17, 15) is 9.65 Å². The zero-order valence-corrected chi connectivity index (χ0v) is 12.1. The van der Waals surface area contributed by atoms with E-state index in [1.165, 1.54) is 12.1 Å². The summed E-state index contributed by atoms with van der Waals surface area (Å²) in [6, 6.07) is 6.97. The molecule has 2 atom stereocenters. The van der Waals surface area contributed by atoms with Crippen LogP contribution >= 0.6 is 0 Å². The van der Waals surface area contributed by atoms with Crippen molar-refractivity contribution in [2.75, 3.05) is 13.7 Å². The molecule has 108 valence electrons. The maximum Gasteiger partial charge on any atom is 0.123 e. The molecule has 0 amide bonds. The smallest absolute Gasteiger partial charge is 0.123 e. The van der Waals surface area contributed by atoms with Crippen molar-refractivity contribution in [2.45, 2.75) is 38.1 Å². The Balaban J connectivity index is 1.91. The summed E-state index contributed by atoms with van der Waals surface area (Å²) >= 11 is 0. The van der Waals surface area contributed by atoms with Crippen LogP contribution in [0.4, 0.5) is 4.39 Å². The third-order valence-electron chi connectivity index (χ3n) is 4.33. The lowest BCUT2D eigenvalue weighted by Crippen LogP contribution is -2.45. The summed E-state index contributed by atoms with van der Waals surface area (Å²) in [6.45, 7) is 2.39. The fraction of sp³-hybridized carbons (Fsp3) is 0.562. The largest absolute Gasteiger partial charge is 0.493 e. The number of nitrogens with one attached hydrogen (secondary N) is 1. The van der Waals surface area contributed by atoms with Gasteiger partial charge in [-0.1, -0.05) is 6.42 Å². The molecule has 20 heavy (non-hydrogen) atoms. The quantitative estimate of drug-likeness (QED) is 0.898. The molecule has 1 N–H and O–H groups in total. The predicted molar refractivity (Wildman–Crippen MR) is 76.0 cm³/mol. The zero-order chi connectivity index (χ0) is 14.6. The first-order valence-corrected chi connectivity index (χ1v) is 7.10. The second-order valence-electron chi connectivity index (χ2n) is 5.47. The van der Waals surface area contributed by atoms with Crippen molar-refractivity contribution in [3.05, 3.63) is 29.6 Å². The summed E-state index contributed by atoms with van der Waals surface area (Å²) in [6.07, 6.45) is 3.88. The Hall–Kier alpha value is -1.60. The van der Waals surface area contributed by atoms with Gasteiger partial charge < -0.3 is 10.1 Å². The molecular formula is C16H21FN2O. The van der Waals surface area contributed by atoms with Crippen LogP contribution in [0.2, 0.25) is 0 Å². The zero-order valence-electron chi connectivity index (χ0n) is 12.1. The fourth-order valence-electron chi connectivity index (χ4n) is 3.09. The monoisotopic (exact) mass is 276 g/mol. The summed E-state index contributed by atoms with van der Waals surface area (Å²) < 4.78 is 18.7. The van der Waals surface area contributed by atoms with E-state index in [1.807, 2.05) is 14.0 Å². The molecule has 0 radical (unpaired) electrons. The average molecular weight is 276 g/mol. The van der Waals surface area contributed by atoms with E-state index in [2.05, 4.69) is 11.4 Å². The van der Waals surface area contributed by atoms with Crippen molar-refractivity contribution < 1.29 is 9.13 Å². The molecule has 2 rings (SSSR count). The van der Waals surface area contributed by atoms with Gasteiger partial charge in [-0.25, -0.2) is 4.39 Å². The standard InChI is InChI=1S/C16H21FN2O/c1-12-10-14(17)5-6-15(12)20-9-7-13-4-3-8-16(13,11-18)19-2/h5-6,10,13,19H,3-4,7-9H2,1-2H3. The van der Waals surface area contributed by atoms with Crippen LogP contribution in [0.5, 0.6) is 5.75 Å². The molecule has 1 saturated carbocycles. The van der Waals surface area contributed by atoms with E-state index in [0.29, 0.717) is 12.5 Å². The molecule has 0 saturated heterocycles. The fourth-order valence-corrected chi connectivity index (χ4v) is 3.09. The first kappa shape index (κ1) is 14.8. The number of nitriles is 1. The maximum atomic E-state index is 13.0. The van der Waals surface area contributed by atoms with Crippen LogP contribution in [-0.4, -0.2) is 19.2 Å². The van der Waals surface area contributed by atoms with Gasteiger partial charge in [-0.15, -0.1) is 0 Å². The van der Waals surface area contributed by atoms with Crippen LogP contribution in [0.3, 0.4) is 0 Å². The van der Waals surface area contributed by atoms with Gasteiger partial charge in [0.1, 0.15) is 17.1 Å². The van der Waals surface area contributed by atoms with Crippen LogP contribution in [-0.2, 0) is 0 Å². The van der Waals surface area contributed by atoms with Gasteiger partial charge in [0.25, 0.3) is 0 Å². The number of rotatable bonds is 5. The maximum absolute atomic E-state index is 13.0. The van der Waals surface area contributed by atoms with Gasteiger partial charge in [0.15, 0.2) is 0 Å². The van der Waals surface area contributed by atoms with Crippen molar-refractivity contribution in [3.8, 4) is 11.8 Å². The number of halogens is 1. The molecule has 1 aliphatic rings. The van der Waals surface area contributed by atoms with Gasteiger partial charge in [0.2, 0.25) is 0 Å². The Morgan fingerprint density at radius 1 is 1.55 bits per heavy atom. The van der Waals surface area contributed by atoms with E-state index in [4.69, 9.17) is 4.74 Å². The Bertz CT molecular complexity index is 512.